The molecule has 0 spiro atoms. The summed E-state index contributed by atoms with van der Waals surface area (Å²) in [6.07, 6.45) is 4.69. The second-order valence-corrected chi connectivity index (χ2v) is 3.63. The second-order valence-electron chi connectivity index (χ2n) is 3.63. The van der Waals surface area contributed by atoms with Gasteiger partial charge in [0.1, 0.15) is 0 Å². The zero-order valence-electron chi connectivity index (χ0n) is 8.76. The van der Waals surface area contributed by atoms with Gasteiger partial charge in [0.15, 0.2) is 0 Å². The van der Waals surface area contributed by atoms with E-state index in [-0.39, 0.29) is 6.04 Å². The molecule has 3 heteroatoms. The first-order chi connectivity index (χ1) is 6.65. The van der Waals surface area contributed by atoms with Crippen molar-refractivity contribution in [1.82, 2.24) is 4.98 Å². The monoisotopic (exact) mass is 196 g/mol. The summed E-state index contributed by atoms with van der Waals surface area (Å²) in [4.78, 5) is 3.66. The van der Waals surface area contributed by atoms with E-state index in [4.69, 9.17) is 5.73 Å². The Balaban J connectivity index is 2.70. The Labute approximate surface area is 84.3 Å². The number of halogens is 1. The summed E-state index contributed by atoms with van der Waals surface area (Å²) in [7, 11) is 0. The van der Waals surface area contributed by atoms with Crippen LogP contribution >= 0.6 is 0 Å². The van der Waals surface area contributed by atoms with Crippen LogP contribution in [0.4, 0.5) is 4.39 Å². The van der Waals surface area contributed by atoms with E-state index in [0.29, 0.717) is 5.56 Å². The molecule has 0 saturated carbocycles. The molecule has 0 saturated heterocycles. The van der Waals surface area contributed by atoms with Crippen molar-refractivity contribution in [2.75, 3.05) is 0 Å². The van der Waals surface area contributed by atoms with Gasteiger partial charge in [0.05, 0.1) is 0 Å². The van der Waals surface area contributed by atoms with Crippen LogP contribution in [0.3, 0.4) is 0 Å². The van der Waals surface area contributed by atoms with Crippen molar-refractivity contribution in [3.05, 3.63) is 29.3 Å². The molecule has 0 bridgehead atoms. The van der Waals surface area contributed by atoms with E-state index in [1.165, 1.54) is 6.20 Å². The van der Waals surface area contributed by atoms with Gasteiger partial charge in [-0.25, -0.2) is 4.98 Å². The van der Waals surface area contributed by atoms with Gasteiger partial charge in [0.2, 0.25) is 5.95 Å². The summed E-state index contributed by atoms with van der Waals surface area (Å²) in [5.41, 5.74) is 7.43. The van der Waals surface area contributed by atoms with Crippen LogP contribution < -0.4 is 5.73 Å². The van der Waals surface area contributed by atoms with Gasteiger partial charge >= 0.3 is 0 Å². The Bertz CT molecular complexity index is 299. The molecule has 0 amide bonds. The number of hydrogen-bond acceptors (Lipinski definition) is 2. The van der Waals surface area contributed by atoms with E-state index in [1.807, 2.05) is 0 Å². The lowest BCUT2D eigenvalue weighted by molar-refractivity contribution is 0.562. The first-order valence-electron chi connectivity index (χ1n) is 5.02. The molecule has 0 aliphatic heterocycles. The van der Waals surface area contributed by atoms with Gasteiger partial charge in [0, 0.05) is 17.8 Å². The molecule has 1 aromatic rings. The predicted molar refractivity (Wildman–Crippen MR) is 55.4 cm³/mol. The minimum Gasteiger partial charge on any atom is -0.324 e. The van der Waals surface area contributed by atoms with Crippen molar-refractivity contribution in [2.45, 2.75) is 39.2 Å². The van der Waals surface area contributed by atoms with Gasteiger partial charge < -0.3 is 5.73 Å². The minimum absolute atomic E-state index is 0.0123. The summed E-state index contributed by atoms with van der Waals surface area (Å²) in [5.74, 6) is -0.406. The number of aromatic nitrogens is 1. The summed E-state index contributed by atoms with van der Waals surface area (Å²) in [6, 6.07) is 1.77. The molecule has 2 nitrogen and oxygen atoms in total. The number of hydrogen-bond donors (Lipinski definition) is 1. The Morgan fingerprint density at radius 2 is 2.29 bits per heavy atom. The average Bonchev–Trinajstić information content (AvgIpc) is 2.18. The quantitative estimate of drug-likeness (QED) is 0.752. The SMILES string of the molecule is CCCC[C@@H](N)c1cnc(F)c(C)c1. The van der Waals surface area contributed by atoms with Gasteiger partial charge in [-0.15, -0.1) is 0 Å². The Morgan fingerprint density at radius 3 is 2.86 bits per heavy atom. The third-order valence-electron chi connectivity index (χ3n) is 2.33. The molecule has 2 N–H and O–H groups in total. The van der Waals surface area contributed by atoms with Gasteiger partial charge in [-0.05, 0) is 25.0 Å². The van der Waals surface area contributed by atoms with Crippen LogP contribution in [-0.2, 0) is 0 Å². The van der Waals surface area contributed by atoms with E-state index >= 15 is 0 Å². The predicted octanol–water partition coefficient (Wildman–Crippen LogP) is 2.72. The number of unbranched alkanes of at least 4 members (excludes halogenated alkanes) is 1. The summed E-state index contributed by atoms with van der Waals surface area (Å²) in [5, 5.41) is 0. The third-order valence-corrected chi connectivity index (χ3v) is 2.33. The van der Waals surface area contributed by atoms with Crippen LogP contribution in [0.15, 0.2) is 12.3 Å². The highest BCUT2D eigenvalue weighted by Crippen LogP contribution is 2.17. The first-order valence-corrected chi connectivity index (χ1v) is 5.02. The summed E-state index contributed by atoms with van der Waals surface area (Å²) < 4.78 is 12.9. The molecule has 0 aliphatic carbocycles. The van der Waals surface area contributed by atoms with Gasteiger partial charge in [0.25, 0.3) is 0 Å². The molecule has 14 heavy (non-hydrogen) atoms. The van der Waals surface area contributed by atoms with Crippen molar-refractivity contribution in [3.8, 4) is 0 Å². The lowest BCUT2D eigenvalue weighted by atomic mass is 10.0. The maximum atomic E-state index is 12.9. The van der Waals surface area contributed by atoms with Gasteiger partial charge in [-0.1, -0.05) is 19.8 Å². The number of pyridine rings is 1. The molecule has 1 aromatic heterocycles. The van der Waals surface area contributed by atoms with Crippen LogP contribution in [0.5, 0.6) is 0 Å². The maximum absolute atomic E-state index is 12.9. The van der Waals surface area contributed by atoms with Crippen LogP contribution in [0.2, 0.25) is 0 Å². The first kappa shape index (κ1) is 11.1. The second kappa shape index (κ2) is 5.05. The smallest absolute Gasteiger partial charge is 0.215 e. The zero-order valence-corrected chi connectivity index (χ0v) is 8.76. The van der Waals surface area contributed by atoms with Gasteiger partial charge in [-0.3, -0.25) is 0 Å². The highest BCUT2D eigenvalue weighted by molar-refractivity contribution is 5.20. The van der Waals surface area contributed by atoms with Crippen molar-refractivity contribution in [3.63, 3.8) is 0 Å². The van der Waals surface area contributed by atoms with E-state index in [9.17, 15) is 4.39 Å². The molecule has 78 valence electrons. The zero-order chi connectivity index (χ0) is 10.6. The Kier molecular flexibility index (Phi) is 4.01. The van der Waals surface area contributed by atoms with Gasteiger partial charge in [-0.2, -0.15) is 4.39 Å². The largest absolute Gasteiger partial charge is 0.324 e. The maximum Gasteiger partial charge on any atom is 0.215 e. The highest BCUT2D eigenvalue weighted by Gasteiger charge is 2.07. The van der Waals surface area contributed by atoms with E-state index in [2.05, 4.69) is 11.9 Å². The standard InChI is InChI=1S/C11H17FN2/c1-3-4-5-10(13)9-6-8(2)11(12)14-7-9/h6-7,10H,3-5,13H2,1-2H3/t10-/m1/s1. The molecule has 0 aromatic carbocycles. The van der Waals surface area contributed by atoms with Crippen LogP contribution in [0.25, 0.3) is 0 Å². The number of nitrogens with two attached hydrogens (primary N) is 1. The van der Waals surface area contributed by atoms with Crippen molar-refractivity contribution >= 4 is 0 Å². The fourth-order valence-corrected chi connectivity index (χ4v) is 1.37. The summed E-state index contributed by atoms with van der Waals surface area (Å²) in [6.45, 7) is 3.83. The lowest BCUT2D eigenvalue weighted by Crippen LogP contribution is -2.11. The fourth-order valence-electron chi connectivity index (χ4n) is 1.37. The highest BCUT2D eigenvalue weighted by atomic mass is 19.1. The van der Waals surface area contributed by atoms with Crippen LogP contribution in [0, 0.1) is 12.9 Å². The Hall–Kier alpha value is -0.960. The molecule has 0 radical (unpaired) electrons. The van der Waals surface area contributed by atoms with E-state index in [1.54, 1.807) is 13.0 Å². The Morgan fingerprint density at radius 1 is 1.57 bits per heavy atom. The molecule has 1 atom stereocenters. The van der Waals surface area contributed by atoms with Crippen LogP contribution in [0.1, 0.15) is 43.4 Å². The number of rotatable bonds is 4. The lowest BCUT2D eigenvalue weighted by Gasteiger charge is -2.11. The molecule has 0 fully saturated rings. The molecular weight excluding hydrogens is 179 g/mol. The third kappa shape index (κ3) is 2.77. The van der Waals surface area contributed by atoms with Crippen molar-refractivity contribution < 1.29 is 4.39 Å². The van der Waals surface area contributed by atoms with Crippen LogP contribution in [-0.4, -0.2) is 4.98 Å². The fraction of sp³-hybridized carbons (Fsp3) is 0.545. The molecular formula is C11H17FN2. The van der Waals surface area contributed by atoms with E-state index < -0.39 is 5.95 Å². The summed E-state index contributed by atoms with van der Waals surface area (Å²) >= 11 is 0. The molecule has 0 unspecified atom stereocenters. The average molecular weight is 196 g/mol. The molecule has 1 rings (SSSR count). The minimum atomic E-state index is -0.406. The topological polar surface area (TPSA) is 38.9 Å². The van der Waals surface area contributed by atoms with E-state index in [0.717, 1.165) is 24.8 Å². The van der Waals surface area contributed by atoms with Crippen molar-refractivity contribution in [1.29, 1.82) is 0 Å². The normalized spacial score (nSPS) is 12.9. The number of aryl methyl sites for hydroxylation is 1. The van der Waals surface area contributed by atoms with Crippen molar-refractivity contribution in [2.24, 2.45) is 5.73 Å². The number of nitrogens with zero attached hydrogens (tertiary/aromatic N) is 1. The molecule has 0 aliphatic rings. The molecule has 1 heterocycles.